The normalized spacial score (nSPS) is 11.1. The standard InChI is InChI=1S/C26H23IOS3/c1-29-19-11-9-18(10-12-19)26-21-14-25(31-3)24(30-2)13-20(21)23(15-22(26)27)28-16-17-7-5-4-6-8-17/h4-15H,16H2,1-3H3. The van der Waals surface area contributed by atoms with Gasteiger partial charge in [0, 0.05) is 29.2 Å². The monoisotopic (exact) mass is 574 g/mol. The van der Waals surface area contributed by atoms with Gasteiger partial charge in [-0.25, -0.2) is 0 Å². The van der Waals surface area contributed by atoms with Crippen LogP contribution in [0.15, 0.2) is 87.5 Å². The summed E-state index contributed by atoms with van der Waals surface area (Å²) >= 11 is 7.81. The minimum absolute atomic E-state index is 0.562. The molecule has 5 heteroatoms. The molecule has 0 fully saturated rings. The Morgan fingerprint density at radius 1 is 0.742 bits per heavy atom. The minimum atomic E-state index is 0.562. The summed E-state index contributed by atoms with van der Waals surface area (Å²) in [4.78, 5) is 3.87. The smallest absolute Gasteiger partial charge is 0.128 e. The molecule has 0 radical (unpaired) electrons. The van der Waals surface area contributed by atoms with E-state index in [9.17, 15) is 0 Å². The summed E-state index contributed by atoms with van der Waals surface area (Å²) < 4.78 is 7.57. The Kier molecular flexibility index (Phi) is 7.80. The molecule has 0 aliphatic heterocycles. The average molecular weight is 575 g/mol. The lowest BCUT2D eigenvalue weighted by Crippen LogP contribution is -1.98. The van der Waals surface area contributed by atoms with E-state index < -0.39 is 0 Å². The van der Waals surface area contributed by atoms with Crippen LogP contribution in [-0.4, -0.2) is 18.8 Å². The largest absolute Gasteiger partial charge is 0.488 e. The zero-order chi connectivity index (χ0) is 21.8. The number of hydrogen-bond donors (Lipinski definition) is 0. The number of halogens is 1. The first-order valence-electron chi connectivity index (χ1n) is 9.84. The Balaban J connectivity index is 1.88. The van der Waals surface area contributed by atoms with Crippen molar-refractivity contribution >= 4 is 68.6 Å². The van der Waals surface area contributed by atoms with Crippen molar-refractivity contribution in [2.75, 3.05) is 18.8 Å². The van der Waals surface area contributed by atoms with E-state index in [1.807, 2.05) is 6.07 Å². The summed E-state index contributed by atoms with van der Waals surface area (Å²) in [5.41, 5.74) is 3.69. The molecule has 0 atom stereocenters. The summed E-state index contributed by atoms with van der Waals surface area (Å²) in [7, 11) is 0. The highest BCUT2D eigenvalue weighted by Crippen LogP contribution is 2.43. The van der Waals surface area contributed by atoms with Gasteiger partial charge < -0.3 is 4.74 Å². The summed E-state index contributed by atoms with van der Waals surface area (Å²) in [6.45, 7) is 0.562. The molecule has 0 saturated heterocycles. The Labute approximate surface area is 210 Å². The molecule has 4 aromatic carbocycles. The van der Waals surface area contributed by atoms with E-state index in [0.717, 1.165) is 5.75 Å². The van der Waals surface area contributed by atoms with Crippen LogP contribution in [0, 0.1) is 3.57 Å². The van der Waals surface area contributed by atoms with Gasteiger partial charge in [0.25, 0.3) is 0 Å². The topological polar surface area (TPSA) is 9.23 Å². The van der Waals surface area contributed by atoms with E-state index in [-0.39, 0.29) is 0 Å². The summed E-state index contributed by atoms with van der Waals surface area (Å²) in [5, 5.41) is 2.41. The number of fused-ring (bicyclic) bond motifs is 1. The zero-order valence-electron chi connectivity index (χ0n) is 17.6. The summed E-state index contributed by atoms with van der Waals surface area (Å²) in [5.74, 6) is 0.940. The van der Waals surface area contributed by atoms with Crippen LogP contribution in [0.5, 0.6) is 5.75 Å². The van der Waals surface area contributed by atoms with Gasteiger partial charge in [-0.1, -0.05) is 42.5 Å². The van der Waals surface area contributed by atoms with Crippen molar-refractivity contribution in [2.45, 2.75) is 21.3 Å². The third kappa shape index (κ3) is 5.05. The van der Waals surface area contributed by atoms with E-state index in [4.69, 9.17) is 4.74 Å². The first kappa shape index (κ1) is 22.9. The molecule has 31 heavy (non-hydrogen) atoms. The SMILES string of the molecule is CSc1ccc(-c2c(I)cc(OCc3ccccc3)c3cc(SC)c(SC)cc23)cc1. The van der Waals surface area contributed by atoms with Gasteiger partial charge in [0.2, 0.25) is 0 Å². The third-order valence-electron chi connectivity index (χ3n) is 5.17. The molecule has 4 rings (SSSR count). The van der Waals surface area contributed by atoms with E-state index in [1.54, 1.807) is 35.3 Å². The molecule has 158 valence electrons. The van der Waals surface area contributed by atoms with Crippen LogP contribution in [0.2, 0.25) is 0 Å². The van der Waals surface area contributed by atoms with Gasteiger partial charge >= 0.3 is 0 Å². The Bertz CT molecular complexity index is 1190. The molecule has 0 aliphatic rings. The van der Waals surface area contributed by atoms with E-state index in [2.05, 4.69) is 108 Å². The molecule has 0 unspecified atom stereocenters. The van der Waals surface area contributed by atoms with E-state index in [1.165, 1.54) is 45.7 Å². The quantitative estimate of drug-likeness (QED) is 0.161. The second-order valence-corrected chi connectivity index (χ2v) is 10.7. The molecule has 0 N–H and O–H groups in total. The number of thioether (sulfide) groups is 3. The van der Waals surface area contributed by atoms with Crippen LogP contribution in [0.4, 0.5) is 0 Å². The second kappa shape index (κ2) is 10.6. The van der Waals surface area contributed by atoms with Crippen LogP contribution in [0.3, 0.4) is 0 Å². The molecular formula is C26H23IOS3. The number of benzene rings is 4. The lowest BCUT2D eigenvalue weighted by molar-refractivity contribution is 0.310. The molecule has 0 heterocycles. The molecule has 0 bridgehead atoms. The van der Waals surface area contributed by atoms with Crippen molar-refractivity contribution in [1.82, 2.24) is 0 Å². The predicted molar refractivity (Wildman–Crippen MR) is 148 cm³/mol. The molecule has 0 aliphatic carbocycles. The first-order valence-corrected chi connectivity index (χ1v) is 14.6. The third-order valence-corrected chi connectivity index (χ3v) is 8.45. The maximum absolute atomic E-state index is 6.36. The lowest BCUT2D eigenvalue weighted by Gasteiger charge is -2.18. The van der Waals surface area contributed by atoms with Crippen LogP contribution in [0.25, 0.3) is 21.9 Å². The molecule has 0 amide bonds. The highest BCUT2D eigenvalue weighted by atomic mass is 127. The lowest BCUT2D eigenvalue weighted by atomic mass is 9.97. The van der Waals surface area contributed by atoms with E-state index >= 15 is 0 Å². The Morgan fingerprint density at radius 2 is 1.39 bits per heavy atom. The maximum atomic E-state index is 6.36. The number of rotatable bonds is 7. The van der Waals surface area contributed by atoms with Gasteiger partial charge in [0.15, 0.2) is 0 Å². The summed E-state index contributed by atoms with van der Waals surface area (Å²) in [6.07, 6.45) is 6.40. The van der Waals surface area contributed by atoms with Gasteiger partial charge in [0.1, 0.15) is 12.4 Å². The number of hydrogen-bond acceptors (Lipinski definition) is 4. The zero-order valence-corrected chi connectivity index (χ0v) is 22.3. The molecule has 0 aromatic heterocycles. The fourth-order valence-corrected chi connectivity index (χ4v) is 6.37. The molecule has 4 aromatic rings. The van der Waals surface area contributed by atoms with E-state index in [0.29, 0.717) is 6.61 Å². The predicted octanol–water partition coefficient (Wildman–Crippen LogP) is 8.86. The van der Waals surface area contributed by atoms with Gasteiger partial charge in [-0.3, -0.25) is 0 Å². The molecule has 0 spiro atoms. The van der Waals surface area contributed by atoms with Crippen molar-refractivity contribution in [3.05, 3.63) is 81.9 Å². The maximum Gasteiger partial charge on any atom is 0.128 e. The number of ether oxygens (including phenoxy) is 1. The van der Waals surface area contributed by atoms with Crippen LogP contribution >= 0.6 is 57.9 Å². The second-order valence-electron chi connectivity index (χ2n) is 6.99. The average Bonchev–Trinajstić information content (AvgIpc) is 2.82. The van der Waals surface area contributed by atoms with Crippen molar-refractivity contribution < 1.29 is 4.74 Å². The minimum Gasteiger partial charge on any atom is -0.488 e. The van der Waals surface area contributed by atoms with Crippen LogP contribution < -0.4 is 4.74 Å². The first-order chi connectivity index (χ1) is 15.1. The highest BCUT2D eigenvalue weighted by molar-refractivity contribution is 14.1. The molecule has 1 nitrogen and oxygen atoms in total. The van der Waals surface area contributed by atoms with Crippen LogP contribution in [0.1, 0.15) is 5.56 Å². The van der Waals surface area contributed by atoms with Gasteiger partial charge in [0.05, 0.1) is 0 Å². The molecular weight excluding hydrogens is 551 g/mol. The van der Waals surface area contributed by atoms with Crippen molar-refractivity contribution in [1.29, 1.82) is 0 Å². The van der Waals surface area contributed by atoms with Crippen LogP contribution in [-0.2, 0) is 6.61 Å². The van der Waals surface area contributed by atoms with Gasteiger partial charge in [-0.15, -0.1) is 35.3 Å². The van der Waals surface area contributed by atoms with Gasteiger partial charge in [-0.2, -0.15) is 0 Å². The van der Waals surface area contributed by atoms with Crippen molar-refractivity contribution in [2.24, 2.45) is 0 Å². The molecule has 0 saturated carbocycles. The fourth-order valence-electron chi connectivity index (χ4n) is 3.59. The Morgan fingerprint density at radius 3 is 2.00 bits per heavy atom. The Hall–Kier alpha value is -1.28. The van der Waals surface area contributed by atoms with Crippen molar-refractivity contribution in [3.63, 3.8) is 0 Å². The van der Waals surface area contributed by atoms with Gasteiger partial charge in [-0.05, 0) is 88.2 Å². The fraction of sp³-hybridized carbons (Fsp3) is 0.154. The van der Waals surface area contributed by atoms with Crippen molar-refractivity contribution in [3.8, 4) is 16.9 Å². The summed E-state index contributed by atoms with van der Waals surface area (Å²) in [6, 6.07) is 26.0. The highest BCUT2D eigenvalue weighted by Gasteiger charge is 2.16.